The van der Waals surface area contributed by atoms with Crippen LogP contribution >= 0.6 is 0 Å². The molecule has 0 saturated carbocycles. The van der Waals surface area contributed by atoms with Gasteiger partial charge in [-0.05, 0) is 12.1 Å². The first kappa shape index (κ1) is 13.6. The third-order valence-electron chi connectivity index (χ3n) is 3.85. The number of para-hydroxylation sites is 1. The summed E-state index contributed by atoms with van der Waals surface area (Å²) in [5.41, 5.74) is 1.44. The van der Waals surface area contributed by atoms with Gasteiger partial charge in [0.25, 0.3) is 5.91 Å². The Morgan fingerprint density at radius 1 is 1.33 bits per heavy atom. The molecular weight excluding hydrogens is 272 g/mol. The number of fused-ring (bicyclic) bond motifs is 1. The minimum atomic E-state index is -1.04. The van der Waals surface area contributed by atoms with E-state index >= 15 is 0 Å². The second-order valence-electron chi connectivity index (χ2n) is 5.07. The Hall–Kier alpha value is -2.34. The molecule has 1 aromatic heterocycles. The van der Waals surface area contributed by atoms with E-state index in [1.54, 1.807) is 10.6 Å². The predicted octanol–water partition coefficient (Wildman–Crippen LogP) is 1.10. The maximum Gasteiger partial charge on any atom is 0.328 e. The number of benzene rings is 1. The standard InChI is InChI=1S/C15H16N2O4/c1-16-11-5-3-2-4-10(11)8-12(16)14(18)17-6-7-21-9-13(17)15(19)20/h2-5,8,13H,6-7,9H2,1H3,(H,19,20). The molecule has 1 N–H and O–H groups in total. The SMILES string of the molecule is Cn1c(C(=O)N2CCOCC2C(=O)O)cc2ccccc21. The minimum absolute atomic E-state index is 0.0328. The molecule has 2 heterocycles. The van der Waals surface area contributed by atoms with Crippen molar-refractivity contribution in [3.8, 4) is 0 Å². The van der Waals surface area contributed by atoms with E-state index < -0.39 is 12.0 Å². The van der Waals surface area contributed by atoms with E-state index in [0.29, 0.717) is 12.3 Å². The lowest BCUT2D eigenvalue weighted by Crippen LogP contribution is -2.52. The zero-order valence-corrected chi connectivity index (χ0v) is 11.7. The van der Waals surface area contributed by atoms with Crippen LogP contribution < -0.4 is 0 Å². The summed E-state index contributed by atoms with van der Waals surface area (Å²) in [5, 5.41) is 10.2. The molecule has 1 atom stereocenters. The number of hydrogen-bond donors (Lipinski definition) is 1. The Kier molecular flexibility index (Phi) is 3.39. The molecule has 110 valence electrons. The van der Waals surface area contributed by atoms with Gasteiger partial charge in [-0.15, -0.1) is 0 Å². The van der Waals surface area contributed by atoms with Gasteiger partial charge in [0.15, 0.2) is 6.04 Å². The molecule has 1 aromatic carbocycles. The number of aryl methyl sites for hydroxylation is 1. The van der Waals surface area contributed by atoms with Gasteiger partial charge in [-0.1, -0.05) is 18.2 Å². The van der Waals surface area contributed by atoms with Crippen molar-refractivity contribution >= 4 is 22.8 Å². The predicted molar refractivity (Wildman–Crippen MR) is 76.2 cm³/mol. The molecule has 1 fully saturated rings. The van der Waals surface area contributed by atoms with Crippen LogP contribution in [0.2, 0.25) is 0 Å². The average Bonchev–Trinajstić information content (AvgIpc) is 2.84. The number of carbonyl (C=O) groups excluding carboxylic acids is 1. The van der Waals surface area contributed by atoms with E-state index in [2.05, 4.69) is 0 Å². The zero-order chi connectivity index (χ0) is 15.0. The fourth-order valence-corrected chi connectivity index (χ4v) is 2.69. The molecule has 0 bridgehead atoms. The van der Waals surface area contributed by atoms with Gasteiger partial charge in [-0.2, -0.15) is 0 Å². The van der Waals surface area contributed by atoms with Crippen LogP contribution in [0, 0.1) is 0 Å². The summed E-state index contributed by atoms with van der Waals surface area (Å²) in [6.45, 7) is 0.682. The third-order valence-corrected chi connectivity index (χ3v) is 3.85. The molecular formula is C15H16N2O4. The molecule has 1 aliphatic rings. The van der Waals surface area contributed by atoms with Gasteiger partial charge in [0.05, 0.1) is 13.2 Å². The number of nitrogens with zero attached hydrogens (tertiary/aromatic N) is 2. The molecule has 1 aliphatic heterocycles. The van der Waals surface area contributed by atoms with Gasteiger partial charge in [0.1, 0.15) is 5.69 Å². The number of rotatable bonds is 2. The molecule has 6 nitrogen and oxygen atoms in total. The highest BCUT2D eigenvalue weighted by molar-refractivity contribution is 6.00. The topological polar surface area (TPSA) is 71.8 Å². The molecule has 6 heteroatoms. The van der Waals surface area contributed by atoms with Crippen molar-refractivity contribution in [2.45, 2.75) is 6.04 Å². The smallest absolute Gasteiger partial charge is 0.328 e. The monoisotopic (exact) mass is 288 g/mol. The van der Waals surface area contributed by atoms with Crippen LogP contribution in [0.4, 0.5) is 0 Å². The first-order valence-corrected chi connectivity index (χ1v) is 6.75. The summed E-state index contributed by atoms with van der Waals surface area (Å²) >= 11 is 0. The molecule has 0 radical (unpaired) electrons. The molecule has 21 heavy (non-hydrogen) atoms. The Balaban J connectivity index is 1.99. The Morgan fingerprint density at radius 3 is 2.81 bits per heavy atom. The maximum absolute atomic E-state index is 12.7. The van der Waals surface area contributed by atoms with Crippen molar-refractivity contribution in [3.63, 3.8) is 0 Å². The van der Waals surface area contributed by atoms with Crippen LogP contribution in [0.5, 0.6) is 0 Å². The summed E-state index contributed by atoms with van der Waals surface area (Å²) in [7, 11) is 1.81. The Morgan fingerprint density at radius 2 is 2.10 bits per heavy atom. The van der Waals surface area contributed by atoms with Gasteiger partial charge in [-0.25, -0.2) is 4.79 Å². The summed E-state index contributed by atoms with van der Waals surface area (Å²) in [5.74, 6) is -1.31. The zero-order valence-electron chi connectivity index (χ0n) is 11.7. The number of carboxylic acid groups (broad SMARTS) is 1. The lowest BCUT2D eigenvalue weighted by Gasteiger charge is -2.32. The Labute approximate surface area is 121 Å². The highest BCUT2D eigenvalue weighted by atomic mass is 16.5. The molecule has 0 spiro atoms. The van der Waals surface area contributed by atoms with Gasteiger partial charge < -0.3 is 19.3 Å². The van der Waals surface area contributed by atoms with Crippen LogP contribution in [0.25, 0.3) is 10.9 Å². The number of morpholine rings is 1. The van der Waals surface area contributed by atoms with E-state index in [9.17, 15) is 14.7 Å². The van der Waals surface area contributed by atoms with E-state index in [0.717, 1.165) is 10.9 Å². The number of aromatic nitrogens is 1. The summed E-state index contributed by atoms with van der Waals surface area (Å²) in [6.07, 6.45) is 0. The van der Waals surface area contributed by atoms with Gasteiger partial charge >= 0.3 is 5.97 Å². The number of aliphatic carboxylic acids is 1. The van der Waals surface area contributed by atoms with E-state index in [1.807, 2.05) is 31.3 Å². The van der Waals surface area contributed by atoms with Crippen molar-refractivity contribution < 1.29 is 19.4 Å². The van der Waals surface area contributed by atoms with Crippen molar-refractivity contribution in [3.05, 3.63) is 36.0 Å². The van der Waals surface area contributed by atoms with E-state index in [-0.39, 0.29) is 19.1 Å². The van der Waals surface area contributed by atoms with E-state index in [1.165, 1.54) is 4.90 Å². The average molecular weight is 288 g/mol. The number of hydrogen-bond acceptors (Lipinski definition) is 3. The number of carboxylic acids is 1. The van der Waals surface area contributed by atoms with Gasteiger partial charge in [-0.3, -0.25) is 4.79 Å². The summed E-state index contributed by atoms with van der Waals surface area (Å²) in [6, 6.07) is 8.55. The van der Waals surface area contributed by atoms with Crippen LogP contribution in [0.3, 0.4) is 0 Å². The highest BCUT2D eigenvalue weighted by Gasteiger charge is 2.34. The fraction of sp³-hybridized carbons (Fsp3) is 0.333. The van der Waals surface area contributed by atoms with Gasteiger partial charge in [0.2, 0.25) is 0 Å². The minimum Gasteiger partial charge on any atom is -0.480 e. The Bertz CT molecular complexity index is 707. The van der Waals surface area contributed by atoms with Crippen LogP contribution in [-0.4, -0.2) is 52.3 Å². The lowest BCUT2D eigenvalue weighted by molar-refractivity contribution is -0.147. The second-order valence-corrected chi connectivity index (χ2v) is 5.07. The van der Waals surface area contributed by atoms with Crippen LogP contribution in [0.15, 0.2) is 30.3 Å². The third kappa shape index (κ3) is 2.27. The lowest BCUT2D eigenvalue weighted by atomic mass is 10.2. The van der Waals surface area contributed by atoms with E-state index in [4.69, 9.17) is 4.74 Å². The normalized spacial score (nSPS) is 18.9. The van der Waals surface area contributed by atoms with Crippen molar-refractivity contribution in [1.29, 1.82) is 0 Å². The molecule has 2 aromatic rings. The number of ether oxygens (including phenoxy) is 1. The molecule has 3 rings (SSSR count). The van der Waals surface area contributed by atoms with Crippen molar-refractivity contribution in [1.82, 2.24) is 9.47 Å². The quantitative estimate of drug-likeness (QED) is 0.898. The molecule has 1 saturated heterocycles. The van der Waals surface area contributed by atoms with Crippen molar-refractivity contribution in [2.75, 3.05) is 19.8 Å². The maximum atomic E-state index is 12.7. The summed E-state index contributed by atoms with van der Waals surface area (Å²) < 4.78 is 6.96. The second kappa shape index (κ2) is 5.21. The summed E-state index contributed by atoms with van der Waals surface area (Å²) in [4.78, 5) is 25.3. The molecule has 0 aliphatic carbocycles. The fourth-order valence-electron chi connectivity index (χ4n) is 2.69. The molecule has 1 unspecified atom stereocenters. The first-order valence-electron chi connectivity index (χ1n) is 6.75. The van der Waals surface area contributed by atoms with Crippen molar-refractivity contribution in [2.24, 2.45) is 7.05 Å². The largest absolute Gasteiger partial charge is 0.480 e. The number of amides is 1. The van der Waals surface area contributed by atoms with Crippen LogP contribution in [-0.2, 0) is 16.6 Å². The molecule has 1 amide bonds. The highest BCUT2D eigenvalue weighted by Crippen LogP contribution is 2.21. The first-order chi connectivity index (χ1) is 10.1. The van der Waals surface area contributed by atoms with Crippen LogP contribution in [0.1, 0.15) is 10.5 Å². The number of carbonyl (C=O) groups is 2. The van der Waals surface area contributed by atoms with Gasteiger partial charge in [0, 0.05) is 24.5 Å².